The van der Waals surface area contributed by atoms with Gasteiger partial charge in [-0.05, 0) is 36.5 Å². The molecule has 1 saturated carbocycles. The Labute approximate surface area is 142 Å². The fraction of sp³-hybridized carbons (Fsp3) is 0.500. The maximum atomic E-state index is 12.8. The number of alkyl halides is 3. The van der Waals surface area contributed by atoms with E-state index in [0.717, 1.165) is 25.0 Å². The molecule has 0 spiro atoms. The highest BCUT2D eigenvalue weighted by molar-refractivity contribution is 6.31. The summed E-state index contributed by atoms with van der Waals surface area (Å²) in [6.45, 7) is 0. The summed E-state index contributed by atoms with van der Waals surface area (Å²) < 4.78 is 38.5. The Morgan fingerprint density at radius 1 is 1.21 bits per heavy atom. The first-order valence-electron chi connectivity index (χ1n) is 7.50. The lowest BCUT2D eigenvalue weighted by Gasteiger charge is -2.26. The topological polar surface area (TPSA) is 66.4 Å². The molecule has 132 valence electrons. The molecule has 1 amide bonds. The molecule has 0 heterocycles. The van der Waals surface area contributed by atoms with Crippen molar-refractivity contribution in [1.82, 2.24) is 0 Å². The third-order valence-electron chi connectivity index (χ3n) is 4.28. The van der Waals surface area contributed by atoms with Gasteiger partial charge in [-0.2, -0.15) is 13.2 Å². The first kappa shape index (κ1) is 18.6. The predicted octanol–water partition coefficient (Wildman–Crippen LogP) is 4.72. The molecule has 0 saturated heterocycles. The Morgan fingerprint density at radius 2 is 1.83 bits per heavy atom. The van der Waals surface area contributed by atoms with E-state index in [0.29, 0.717) is 12.8 Å². The number of nitrogens with one attached hydrogen (secondary N) is 1. The minimum absolute atomic E-state index is 0.0137. The number of hydrogen-bond donors (Lipinski definition) is 2. The lowest BCUT2D eigenvalue weighted by atomic mass is 9.79. The maximum Gasteiger partial charge on any atom is 0.417 e. The number of halogens is 4. The molecule has 0 unspecified atom stereocenters. The molecule has 0 bridgehead atoms. The summed E-state index contributed by atoms with van der Waals surface area (Å²) >= 11 is 5.54. The van der Waals surface area contributed by atoms with E-state index in [1.807, 2.05) is 0 Å². The second-order valence-corrected chi connectivity index (χ2v) is 6.60. The third-order valence-corrected chi connectivity index (χ3v) is 4.61. The Kier molecular flexibility index (Phi) is 5.42. The number of hydrogen-bond acceptors (Lipinski definition) is 2. The number of rotatable bonds is 5. The van der Waals surface area contributed by atoms with Gasteiger partial charge in [0.2, 0.25) is 5.91 Å². The summed E-state index contributed by atoms with van der Waals surface area (Å²) in [4.78, 5) is 23.2. The van der Waals surface area contributed by atoms with Crippen molar-refractivity contribution in [1.29, 1.82) is 0 Å². The van der Waals surface area contributed by atoms with Crippen LogP contribution in [0.1, 0.15) is 44.1 Å². The Hall–Kier alpha value is -1.76. The lowest BCUT2D eigenvalue weighted by molar-refractivity contribution is -0.140. The Bertz CT molecular complexity index is 640. The fourth-order valence-electron chi connectivity index (χ4n) is 3.23. The van der Waals surface area contributed by atoms with Crippen molar-refractivity contribution in [2.45, 2.75) is 44.7 Å². The van der Waals surface area contributed by atoms with E-state index in [1.54, 1.807) is 0 Å². The maximum absolute atomic E-state index is 12.8. The van der Waals surface area contributed by atoms with E-state index in [2.05, 4.69) is 5.32 Å². The molecule has 1 aromatic rings. The third kappa shape index (κ3) is 4.63. The van der Waals surface area contributed by atoms with Crippen LogP contribution in [-0.2, 0) is 15.8 Å². The molecular formula is C16H17ClF3NO3. The van der Waals surface area contributed by atoms with E-state index in [9.17, 15) is 22.8 Å². The molecule has 1 aliphatic carbocycles. The van der Waals surface area contributed by atoms with Crippen molar-refractivity contribution >= 4 is 29.2 Å². The van der Waals surface area contributed by atoms with Gasteiger partial charge >= 0.3 is 12.1 Å². The average molecular weight is 364 g/mol. The van der Waals surface area contributed by atoms with Crippen molar-refractivity contribution in [3.8, 4) is 0 Å². The van der Waals surface area contributed by atoms with Gasteiger partial charge in [0.1, 0.15) is 0 Å². The number of benzene rings is 1. The van der Waals surface area contributed by atoms with Crippen LogP contribution in [-0.4, -0.2) is 17.0 Å². The number of carboxylic acid groups (broad SMARTS) is 1. The molecule has 24 heavy (non-hydrogen) atoms. The van der Waals surface area contributed by atoms with Crippen LogP contribution in [0.5, 0.6) is 0 Å². The number of aliphatic carboxylic acids is 1. The minimum atomic E-state index is -4.62. The number of carbonyl (C=O) groups excluding carboxylic acids is 1. The van der Waals surface area contributed by atoms with E-state index in [4.69, 9.17) is 16.7 Å². The molecule has 0 aliphatic heterocycles. The SMILES string of the molecule is O=C(O)CC1(CC(=O)Nc2ccc(Cl)c(C(F)(F)F)c2)CCCC1. The van der Waals surface area contributed by atoms with Crippen LogP contribution in [0.2, 0.25) is 5.02 Å². The zero-order chi connectivity index (χ0) is 18.0. The van der Waals surface area contributed by atoms with Gasteiger partial charge in [0.25, 0.3) is 0 Å². The van der Waals surface area contributed by atoms with E-state index in [1.165, 1.54) is 6.07 Å². The average Bonchev–Trinajstić information content (AvgIpc) is 2.86. The number of amides is 1. The van der Waals surface area contributed by atoms with Gasteiger partial charge in [-0.3, -0.25) is 9.59 Å². The molecule has 0 aromatic heterocycles. The highest BCUT2D eigenvalue weighted by atomic mass is 35.5. The van der Waals surface area contributed by atoms with Crippen molar-refractivity contribution in [2.24, 2.45) is 5.41 Å². The van der Waals surface area contributed by atoms with Crippen molar-refractivity contribution in [2.75, 3.05) is 5.32 Å². The fourth-order valence-corrected chi connectivity index (χ4v) is 3.45. The normalized spacial score (nSPS) is 16.8. The number of anilines is 1. The van der Waals surface area contributed by atoms with Gasteiger partial charge in [-0.25, -0.2) is 0 Å². The van der Waals surface area contributed by atoms with Crippen LogP contribution in [0, 0.1) is 5.41 Å². The smallest absolute Gasteiger partial charge is 0.417 e. The molecule has 8 heteroatoms. The monoisotopic (exact) mass is 363 g/mol. The molecule has 1 aromatic carbocycles. The van der Waals surface area contributed by atoms with Crippen molar-refractivity contribution < 1.29 is 27.9 Å². The van der Waals surface area contributed by atoms with E-state index >= 15 is 0 Å². The summed E-state index contributed by atoms with van der Waals surface area (Å²) in [6.07, 6.45) is -1.81. The molecule has 2 N–H and O–H groups in total. The number of carboxylic acids is 1. The van der Waals surface area contributed by atoms with Crippen LogP contribution >= 0.6 is 11.6 Å². The highest BCUT2D eigenvalue weighted by Crippen LogP contribution is 2.44. The summed E-state index contributed by atoms with van der Waals surface area (Å²) in [5.41, 5.74) is -1.65. The predicted molar refractivity (Wildman–Crippen MR) is 82.9 cm³/mol. The molecule has 2 rings (SSSR count). The molecule has 0 radical (unpaired) electrons. The summed E-state index contributed by atoms with van der Waals surface area (Å²) in [5.74, 6) is -1.47. The molecular weight excluding hydrogens is 347 g/mol. The standard InChI is InChI=1S/C16H17ClF3NO3/c17-12-4-3-10(7-11(12)16(18,19)20)21-13(22)8-15(9-14(23)24)5-1-2-6-15/h3-4,7H,1-2,5-6,8-9H2,(H,21,22)(H,23,24). The first-order chi connectivity index (χ1) is 11.1. The first-order valence-corrected chi connectivity index (χ1v) is 7.88. The Balaban J connectivity index is 2.11. The summed E-state index contributed by atoms with van der Waals surface area (Å²) in [5, 5.41) is 11.0. The van der Waals surface area contributed by atoms with Crippen LogP contribution in [0.25, 0.3) is 0 Å². The quantitative estimate of drug-likeness (QED) is 0.795. The van der Waals surface area contributed by atoms with E-state index in [-0.39, 0.29) is 18.5 Å². The Morgan fingerprint density at radius 3 is 2.38 bits per heavy atom. The van der Waals surface area contributed by atoms with Gasteiger partial charge in [-0.1, -0.05) is 24.4 Å². The highest BCUT2D eigenvalue weighted by Gasteiger charge is 2.38. The zero-order valence-corrected chi connectivity index (χ0v) is 13.5. The minimum Gasteiger partial charge on any atom is -0.481 e. The van der Waals surface area contributed by atoms with Gasteiger partial charge in [-0.15, -0.1) is 0 Å². The van der Waals surface area contributed by atoms with Gasteiger partial charge in [0, 0.05) is 12.1 Å². The van der Waals surface area contributed by atoms with E-state index < -0.39 is 34.1 Å². The number of carbonyl (C=O) groups is 2. The summed E-state index contributed by atoms with van der Waals surface area (Å²) in [7, 11) is 0. The second-order valence-electron chi connectivity index (χ2n) is 6.19. The lowest BCUT2D eigenvalue weighted by Crippen LogP contribution is -2.27. The molecule has 4 nitrogen and oxygen atoms in total. The largest absolute Gasteiger partial charge is 0.481 e. The molecule has 1 aliphatic rings. The second kappa shape index (κ2) is 7.01. The van der Waals surface area contributed by atoms with Gasteiger partial charge < -0.3 is 10.4 Å². The summed E-state index contributed by atoms with van der Waals surface area (Å²) in [6, 6.07) is 3.13. The van der Waals surface area contributed by atoms with Crippen LogP contribution < -0.4 is 5.32 Å². The van der Waals surface area contributed by atoms with Crippen LogP contribution in [0.3, 0.4) is 0 Å². The van der Waals surface area contributed by atoms with Crippen LogP contribution in [0.15, 0.2) is 18.2 Å². The molecule has 0 atom stereocenters. The molecule has 1 fully saturated rings. The van der Waals surface area contributed by atoms with Crippen molar-refractivity contribution in [3.63, 3.8) is 0 Å². The van der Waals surface area contributed by atoms with Crippen molar-refractivity contribution in [3.05, 3.63) is 28.8 Å². The van der Waals surface area contributed by atoms with Gasteiger partial charge in [0.15, 0.2) is 0 Å². The zero-order valence-electron chi connectivity index (χ0n) is 12.8. The van der Waals surface area contributed by atoms with Crippen LogP contribution in [0.4, 0.5) is 18.9 Å². The van der Waals surface area contributed by atoms with Gasteiger partial charge in [0.05, 0.1) is 17.0 Å².